The lowest BCUT2D eigenvalue weighted by Gasteiger charge is -2.07. The van der Waals surface area contributed by atoms with E-state index in [2.05, 4.69) is 22.4 Å². The molecule has 33 heavy (non-hydrogen) atoms. The van der Waals surface area contributed by atoms with Gasteiger partial charge in [-0.15, -0.1) is 0 Å². The van der Waals surface area contributed by atoms with Gasteiger partial charge >= 0.3 is 0 Å². The van der Waals surface area contributed by atoms with Gasteiger partial charge in [-0.05, 0) is 23.1 Å². The lowest BCUT2D eigenvalue weighted by atomic mass is 10.1. The Hall–Kier alpha value is -4.45. The second kappa shape index (κ2) is 8.96. The van der Waals surface area contributed by atoms with Gasteiger partial charge in [0.2, 0.25) is 0 Å². The van der Waals surface area contributed by atoms with Crippen LogP contribution in [0.1, 0.15) is 21.6 Å². The molecule has 6 heteroatoms. The summed E-state index contributed by atoms with van der Waals surface area (Å²) in [7, 11) is 0. The Morgan fingerprint density at radius 1 is 0.909 bits per heavy atom. The first-order valence-corrected chi connectivity index (χ1v) is 10.7. The van der Waals surface area contributed by atoms with E-state index in [1.807, 2.05) is 71.5 Å². The summed E-state index contributed by atoms with van der Waals surface area (Å²) < 4.78 is 1.89. The van der Waals surface area contributed by atoms with Crippen molar-refractivity contribution in [1.82, 2.24) is 20.1 Å². The average molecular weight is 434 g/mol. The molecule has 6 nitrogen and oxygen atoms in total. The molecule has 0 aliphatic rings. The van der Waals surface area contributed by atoms with Gasteiger partial charge in [0.05, 0.1) is 12.2 Å². The highest BCUT2D eigenvalue weighted by atomic mass is 16.2. The normalized spacial score (nSPS) is 10.9. The second-order valence-electron chi connectivity index (χ2n) is 7.83. The summed E-state index contributed by atoms with van der Waals surface area (Å²) in [5.74, 6) is -0.340. The number of nitrogens with one attached hydrogen (secondary N) is 2. The van der Waals surface area contributed by atoms with Crippen LogP contribution in [0.25, 0.3) is 22.0 Å². The fourth-order valence-electron chi connectivity index (χ4n) is 3.89. The first-order valence-electron chi connectivity index (χ1n) is 10.7. The van der Waals surface area contributed by atoms with Crippen LogP contribution in [-0.2, 0) is 13.1 Å². The smallest absolute Gasteiger partial charge is 0.268 e. The van der Waals surface area contributed by atoms with Crippen molar-refractivity contribution in [2.24, 2.45) is 0 Å². The molecule has 0 atom stereocenters. The van der Waals surface area contributed by atoms with Gasteiger partial charge in [0, 0.05) is 29.3 Å². The topological polar surface area (TPSA) is 79.8 Å². The second-order valence-corrected chi connectivity index (χ2v) is 7.83. The number of pyridine rings is 1. The minimum atomic E-state index is -0.340. The van der Waals surface area contributed by atoms with Crippen molar-refractivity contribution in [3.05, 3.63) is 124 Å². The molecule has 0 fully saturated rings. The average Bonchev–Trinajstić information content (AvgIpc) is 3.26. The highest BCUT2D eigenvalue weighted by Gasteiger charge is 2.14. The molecule has 0 saturated heterocycles. The van der Waals surface area contributed by atoms with Gasteiger partial charge < -0.3 is 10.3 Å². The number of rotatable bonds is 6. The zero-order valence-corrected chi connectivity index (χ0v) is 17.9. The molecule has 0 radical (unpaired) electrons. The number of fused-ring (bicyclic) bond motifs is 1. The number of H-pyrrole nitrogens is 1. The van der Waals surface area contributed by atoms with E-state index in [-0.39, 0.29) is 23.7 Å². The Labute approximate surface area is 190 Å². The summed E-state index contributed by atoms with van der Waals surface area (Å²) in [4.78, 5) is 27.9. The molecule has 1 amide bonds. The van der Waals surface area contributed by atoms with E-state index in [4.69, 9.17) is 5.10 Å². The Bertz CT molecular complexity index is 1470. The maximum atomic E-state index is 12.9. The molecule has 2 aromatic heterocycles. The SMILES string of the molecule is O=C(NCc1cn(Cc2ccccc2)nc1-c1ccccc1)c1cc2ccccc2c(=O)[nH]1. The summed E-state index contributed by atoms with van der Waals surface area (Å²) in [6.45, 7) is 0.916. The number of carbonyl (C=O) groups is 1. The minimum absolute atomic E-state index is 0.233. The van der Waals surface area contributed by atoms with Gasteiger partial charge in [0.1, 0.15) is 5.69 Å². The van der Waals surface area contributed by atoms with Gasteiger partial charge in [-0.2, -0.15) is 5.10 Å². The van der Waals surface area contributed by atoms with Crippen LogP contribution >= 0.6 is 0 Å². The van der Waals surface area contributed by atoms with Gasteiger partial charge in [0.25, 0.3) is 11.5 Å². The van der Waals surface area contributed by atoms with Crippen molar-refractivity contribution in [2.75, 3.05) is 0 Å². The fraction of sp³-hybridized carbons (Fsp3) is 0.0741. The van der Waals surface area contributed by atoms with Crippen molar-refractivity contribution >= 4 is 16.7 Å². The van der Waals surface area contributed by atoms with Gasteiger partial charge in [-0.1, -0.05) is 78.9 Å². The maximum Gasteiger partial charge on any atom is 0.268 e. The number of benzene rings is 3. The Kier molecular flexibility index (Phi) is 5.55. The highest BCUT2D eigenvalue weighted by Crippen LogP contribution is 2.22. The number of hydrogen-bond donors (Lipinski definition) is 2. The van der Waals surface area contributed by atoms with Crippen LogP contribution in [0.3, 0.4) is 0 Å². The maximum absolute atomic E-state index is 12.9. The largest absolute Gasteiger partial charge is 0.347 e. The van der Waals surface area contributed by atoms with Crippen LogP contribution in [0.15, 0.2) is 102 Å². The predicted octanol–water partition coefficient (Wildman–Crippen LogP) is 4.37. The first-order chi connectivity index (χ1) is 16.2. The first kappa shape index (κ1) is 20.5. The summed E-state index contributed by atoms with van der Waals surface area (Å²) in [5.41, 5.74) is 3.79. The van der Waals surface area contributed by atoms with Crippen LogP contribution in [0.2, 0.25) is 0 Å². The van der Waals surface area contributed by atoms with Crippen molar-refractivity contribution in [3.63, 3.8) is 0 Å². The Balaban J connectivity index is 1.41. The van der Waals surface area contributed by atoms with Gasteiger partial charge in [-0.3, -0.25) is 14.3 Å². The summed E-state index contributed by atoms with van der Waals surface area (Å²) in [6.07, 6.45) is 1.96. The molecule has 0 aliphatic heterocycles. The number of carbonyl (C=O) groups excluding carboxylic acids is 1. The van der Waals surface area contributed by atoms with Crippen LogP contribution in [0, 0.1) is 0 Å². The third-order valence-electron chi connectivity index (χ3n) is 5.51. The molecule has 3 aromatic carbocycles. The van der Waals surface area contributed by atoms with Gasteiger partial charge in [0.15, 0.2) is 0 Å². The van der Waals surface area contributed by atoms with E-state index < -0.39 is 0 Å². The van der Waals surface area contributed by atoms with E-state index in [9.17, 15) is 9.59 Å². The molecule has 0 saturated carbocycles. The highest BCUT2D eigenvalue weighted by molar-refractivity contribution is 5.96. The molecule has 0 aliphatic carbocycles. The van der Waals surface area contributed by atoms with Gasteiger partial charge in [-0.25, -0.2) is 0 Å². The quantitative estimate of drug-likeness (QED) is 0.417. The van der Waals surface area contributed by atoms with Crippen LogP contribution in [0.4, 0.5) is 0 Å². The zero-order chi connectivity index (χ0) is 22.6. The molecule has 2 heterocycles. The molecule has 162 valence electrons. The standard InChI is InChI=1S/C27H22N4O2/c32-26-23-14-8-7-13-21(23)15-24(29-26)27(33)28-16-22-18-31(17-19-9-3-1-4-10-19)30-25(22)20-11-5-2-6-12-20/h1-15,18H,16-17H2,(H,28,33)(H,29,32). The number of aromatic amines is 1. The number of aromatic nitrogens is 3. The molecule has 2 N–H and O–H groups in total. The van der Waals surface area contributed by atoms with Crippen molar-refractivity contribution in [2.45, 2.75) is 13.1 Å². The van der Waals surface area contributed by atoms with Crippen molar-refractivity contribution in [1.29, 1.82) is 0 Å². The lowest BCUT2D eigenvalue weighted by molar-refractivity contribution is 0.0946. The van der Waals surface area contributed by atoms with Crippen molar-refractivity contribution < 1.29 is 4.79 Å². The monoisotopic (exact) mass is 434 g/mol. The molecule has 0 spiro atoms. The molecule has 0 bridgehead atoms. The number of amides is 1. The fourth-order valence-corrected chi connectivity index (χ4v) is 3.89. The summed E-state index contributed by atoms with van der Waals surface area (Å²) in [6, 6.07) is 28.9. The van der Waals surface area contributed by atoms with Crippen LogP contribution in [0.5, 0.6) is 0 Å². The van der Waals surface area contributed by atoms with Crippen LogP contribution < -0.4 is 10.9 Å². The van der Waals surface area contributed by atoms with E-state index in [0.29, 0.717) is 11.9 Å². The predicted molar refractivity (Wildman–Crippen MR) is 129 cm³/mol. The number of nitrogens with zero attached hydrogens (tertiary/aromatic N) is 2. The molecule has 5 aromatic rings. The summed E-state index contributed by atoms with van der Waals surface area (Å²) in [5, 5.41) is 9.01. The van der Waals surface area contributed by atoms with E-state index in [1.165, 1.54) is 0 Å². The molecular formula is C27H22N4O2. The Morgan fingerprint density at radius 3 is 2.39 bits per heavy atom. The molecule has 5 rings (SSSR count). The third-order valence-corrected chi connectivity index (χ3v) is 5.51. The zero-order valence-electron chi connectivity index (χ0n) is 17.9. The molecule has 0 unspecified atom stereocenters. The summed E-state index contributed by atoms with van der Waals surface area (Å²) >= 11 is 0. The number of hydrogen-bond acceptors (Lipinski definition) is 3. The lowest BCUT2D eigenvalue weighted by Crippen LogP contribution is -2.26. The third kappa shape index (κ3) is 4.45. The van der Waals surface area contributed by atoms with E-state index in [1.54, 1.807) is 18.2 Å². The van der Waals surface area contributed by atoms with Crippen LogP contribution in [-0.4, -0.2) is 20.7 Å². The minimum Gasteiger partial charge on any atom is -0.347 e. The van der Waals surface area contributed by atoms with Crippen molar-refractivity contribution in [3.8, 4) is 11.3 Å². The molecular weight excluding hydrogens is 412 g/mol. The van der Waals surface area contributed by atoms with E-state index >= 15 is 0 Å². The Morgan fingerprint density at radius 2 is 1.61 bits per heavy atom. The van der Waals surface area contributed by atoms with E-state index in [0.717, 1.165) is 27.8 Å².